The average Bonchev–Trinajstić information content (AvgIpc) is 2.63. The van der Waals surface area contributed by atoms with Gasteiger partial charge in [0.05, 0.1) is 6.04 Å². The number of ketones is 1. The van der Waals surface area contributed by atoms with Gasteiger partial charge in [-0.1, -0.05) is 6.92 Å². The van der Waals surface area contributed by atoms with Crippen LogP contribution >= 0.6 is 0 Å². The maximum Gasteiger partial charge on any atom is 0.146 e. The third-order valence-corrected chi connectivity index (χ3v) is 3.20. The molecule has 0 aromatic heterocycles. The predicted molar refractivity (Wildman–Crippen MR) is 63.0 cm³/mol. The van der Waals surface area contributed by atoms with Crippen LogP contribution < -0.4 is 5.32 Å². The highest BCUT2D eigenvalue weighted by molar-refractivity contribution is 5.81. The highest BCUT2D eigenvalue weighted by atomic mass is 16.1. The van der Waals surface area contributed by atoms with Crippen LogP contribution in [-0.2, 0) is 4.79 Å². The van der Waals surface area contributed by atoms with Crippen LogP contribution in [0.5, 0.6) is 0 Å². The molecular formula is C12H24N2O. The Bertz CT molecular complexity index is 206. The van der Waals surface area contributed by atoms with Crippen LogP contribution in [0.25, 0.3) is 0 Å². The topological polar surface area (TPSA) is 32.3 Å². The summed E-state index contributed by atoms with van der Waals surface area (Å²) in [5, 5.41) is 3.41. The van der Waals surface area contributed by atoms with Gasteiger partial charge in [-0.3, -0.25) is 4.79 Å². The Balaban J connectivity index is 2.16. The minimum absolute atomic E-state index is 0.131. The SMILES string of the molecule is CCCN(C)CCC1CCC(C(C)=O)N1. The van der Waals surface area contributed by atoms with Crippen LogP contribution in [0.2, 0.25) is 0 Å². The van der Waals surface area contributed by atoms with Gasteiger partial charge in [-0.05, 0) is 52.7 Å². The highest BCUT2D eigenvalue weighted by Crippen LogP contribution is 2.15. The van der Waals surface area contributed by atoms with E-state index in [1.165, 1.54) is 19.4 Å². The van der Waals surface area contributed by atoms with E-state index in [2.05, 4.69) is 24.2 Å². The number of hydrogen-bond acceptors (Lipinski definition) is 3. The van der Waals surface area contributed by atoms with Crippen LogP contribution in [0.1, 0.15) is 39.5 Å². The number of nitrogens with one attached hydrogen (secondary N) is 1. The number of hydrogen-bond donors (Lipinski definition) is 1. The molecule has 0 bridgehead atoms. The monoisotopic (exact) mass is 212 g/mol. The molecule has 1 aliphatic rings. The lowest BCUT2D eigenvalue weighted by molar-refractivity contribution is -0.118. The van der Waals surface area contributed by atoms with Gasteiger partial charge in [0.15, 0.2) is 0 Å². The first-order chi connectivity index (χ1) is 7.13. The van der Waals surface area contributed by atoms with Crippen LogP contribution in [0.15, 0.2) is 0 Å². The smallest absolute Gasteiger partial charge is 0.146 e. The second-order valence-corrected chi connectivity index (χ2v) is 4.70. The first kappa shape index (κ1) is 12.7. The molecule has 1 saturated heterocycles. The molecule has 1 N–H and O–H groups in total. The second kappa shape index (κ2) is 6.23. The van der Waals surface area contributed by atoms with E-state index in [0.29, 0.717) is 11.8 Å². The molecule has 0 saturated carbocycles. The quantitative estimate of drug-likeness (QED) is 0.723. The van der Waals surface area contributed by atoms with Crippen molar-refractivity contribution in [2.45, 2.75) is 51.6 Å². The summed E-state index contributed by atoms with van der Waals surface area (Å²) in [4.78, 5) is 13.5. The van der Waals surface area contributed by atoms with Crippen molar-refractivity contribution in [1.82, 2.24) is 10.2 Å². The zero-order valence-corrected chi connectivity index (χ0v) is 10.3. The van der Waals surface area contributed by atoms with Crippen molar-refractivity contribution in [2.24, 2.45) is 0 Å². The summed E-state index contributed by atoms with van der Waals surface area (Å²) in [5.74, 6) is 0.291. The molecule has 3 heteroatoms. The molecule has 1 heterocycles. The molecule has 0 amide bonds. The van der Waals surface area contributed by atoms with E-state index in [1.807, 2.05) is 0 Å². The minimum Gasteiger partial charge on any atom is -0.306 e. The molecule has 1 rings (SSSR count). The van der Waals surface area contributed by atoms with Gasteiger partial charge in [0.25, 0.3) is 0 Å². The molecule has 0 aliphatic carbocycles. The maximum atomic E-state index is 11.2. The first-order valence-electron chi connectivity index (χ1n) is 6.08. The molecule has 2 unspecified atom stereocenters. The number of carbonyl (C=O) groups excluding carboxylic acids is 1. The zero-order chi connectivity index (χ0) is 11.3. The normalized spacial score (nSPS) is 26.1. The van der Waals surface area contributed by atoms with E-state index >= 15 is 0 Å². The summed E-state index contributed by atoms with van der Waals surface area (Å²) >= 11 is 0. The van der Waals surface area contributed by atoms with Crippen molar-refractivity contribution in [3.8, 4) is 0 Å². The van der Waals surface area contributed by atoms with E-state index in [-0.39, 0.29) is 6.04 Å². The van der Waals surface area contributed by atoms with Crippen molar-refractivity contribution in [2.75, 3.05) is 20.1 Å². The predicted octanol–water partition coefficient (Wildman–Crippen LogP) is 1.43. The van der Waals surface area contributed by atoms with Crippen LogP contribution in [0.3, 0.4) is 0 Å². The zero-order valence-electron chi connectivity index (χ0n) is 10.3. The summed E-state index contributed by atoms with van der Waals surface area (Å²) in [6, 6.07) is 0.685. The summed E-state index contributed by atoms with van der Waals surface area (Å²) in [5.41, 5.74) is 0. The molecule has 0 aromatic rings. The molecule has 0 aromatic carbocycles. The van der Waals surface area contributed by atoms with Crippen LogP contribution in [0, 0.1) is 0 Å². The van der Waals surface area contributed by atoms with Crippen molar-refractivity contribution >= 4 is 5.78 Å². The summed E-state index contributed by atoms with van der Waals surface area (Å²) in [6.07, 6.45) is 4.56. The fourth-order valence-corrected chi connectivity index (χ4v) is 2.24. The Morgan fingerprint density at radius 1 is 1.40 bits per heavy atom. The highest BCUT2D eigenvalue weighted by Gasteiger charge is 2.26. The van der Waals surface area contributed by atoms with Gasteiger partial charge in [-0.25, -0.2) is 0 Å². The molecule has 0 radical (unpaired) electrons. The molecule has 88 valence electrons. The number of carbonyl (C=O) groups is 1. The fourth-order valence-electron chi connectivity index (χ4n) is 2.24. The lowest BCUT2D eigenvalue weighted by Gasteiger charge is -2.18. The van der Waals surface area contributed by atoms with Crippen molar-refractivity contribution in [3.05, 3.63) is 0 Å². The summed E-state index contributed by atoms with van der Waals surface area (Å²) in [7, 11) is 2.17. The molecule has 15 heavy (non-hydrogen) atoms. The Hall–Kier alpha value is -0.410. The number of nitrogens with zero attached hydrogens (tertiary/aromatic N) is 1. The minimum atomic E-state index is 0.131. The third-order valence-electron chi connectivity index (χ3n) is 3.20. The third kappa shape index (κ3) is 4.31. The standard InChI is InChI=1S/C12H24N2O/c1-4-8-14(3)9-7-11-5-6-12(13-11)10(2)15/h11-13H,4-9H2,1-3H3. The summed E-state index contributed by atoms with van der Waals surface area (Å²) < 4.78 is 0. The van der Waals surface area contributed by atoms with E-state index in [0.717, 1.165) is 19.4 Å². The van der Waals surface area contributed by atoms with Gasteiger partial charge >= 0.3 is 0 Å². The number of rotatable bonds is 6. The Morgan fingerprint density at radius 3 is 2.67 bits per heavy atom. The van der Waals surface area contributed by atoms with Crippen molar-refractivity contribution in [1.29, 1.82) is 0 Å². The van der Waals surface area contributed by atoms with E-state index in [9.17, 15) is 4.79 Å². The molecule has 1 aliphatic heterocycles. The Labute approximate surface area is 93.2 Å². The Kier molecular flexibility index (Phi) is 5.26. The second-order valence-electron chi connectivity index (χ2n) is 4.70. The fraction of sp³-hybridized carbons (Fsp3) is 0.917. The maximum absolute atomic E-state index is 11.2. The average molecular weight is 212 g/mol. The van der Waals surface area contributed by atoms with Crippen LogP contribution in [-0.4, -0.2) is 42.9 Å². The molecule has 3 nitrogen and oxygen atoms in total. The first-order valence-corrected chi connectivity index (χ1v) is 6.08. The molecular weight excluding hydrogens is 188 g/mol. The van der Waals surface area contributed by atoms with Crippen molar-refractivity contribution in [3.63, 3.8) is 0 Å². The van der Waals surface area contributed by atoms with Gasteiger partial charge in [0, 0.05) is 6.04 Å². The van der Waals surface area contributed by atoms with Gasteiger partial charge < -0.3 is 10.2 Å². The van der Waals surface area contributed by atoms with Gasteiger partial charge in [-0.2, -0.15) is 0 Å². The van der Waals surface area contributed by atoms with E-state index in [4.69, 9.17) is 0 Å². The van der Waals surface area contributed by atoms with Crippen LogP contribution in [0.4, 0.5) is 0 Å². The Morgan fingerprint density at radius 2 is 2.13 bits per heavy atom. The van der Waals surface area contributed by atoms with Gasteiger partial charge in [0.2, 0.25) is 0 Å². The molecule has 2 atom stereocenters. The summed E-state index contributed by atoms with van der Waals surface area (Å²) in [6.45, 7) is 6.19. The lowest BCUT2D eigenvalue weighted by atomic mass is 10.1. The van der Waals surface area contributed by atoms with Crippen molar-refractivity contribution < 1.29 is 4.79 Å². The van der Waals surface area contributed by atoms with E-state index < -0.39 is 0 Å². The van der Waals surface area contributed by atoms with Gasteiger partial charge in [0.1, 0.15) is 5.78 Å². The lowest BCUT2D eigenvalue weighted by Crippen LogP contribution is -2.36. The van der Waals surface area contributed by atoms with Gasteiger partial charge in [-0.15, -0.1) is 0 Å². The molecule has 0 spiro atoms. The van der Waals surface area contributed by atoms with E-state index in [1.54, 1.807) is 6.92 Å². The molecule has 1 fully saturated rings. The number of Topliss-reactive ketones (excluding diaryl/α,β-unsaturated/α-hetero) is 1. The largest absolute Gasteiger partial charge is 0.306 e.